The van der Waals surface area contributed by atoms with Gasteiger partial charge in [-0.25, -0.2) is 9.97 Å². The predicted molar refractivity (Wildman–Crippen MR) is 70.8 cm³/mol. The number of nitrogens with zero attached hydrogens (tertiary/aromatic N) is 3. The van der Waals surface area contributed by atoms with Crippen molar-refractivity contribution in [2.24, 2.45) is 11.1 Å². The summed E-state index contributed by atoms with van der Waals surface area (Å²) >= 11 is 0. The van der Waals surface area contributed by atoms with E-state index in [0.717, 1.165) is 18.9 Å². The van der Waals surface area contributed by atoms with Crippen LogP contribution in [0.25, 0.3) is 0 Å². The van der Waals surface area contributed by atoms with E-state index in [1.54, 1.807) is 12.5 Å². The smallest absolute Gasteiger partial charge is 0.142 e. The van der Waals surface area contributed by atoms with Gasteiger partial charge in [-0.1, -0.05) is 12.8 Å². The third-order valence-electron chi connectivity index (χ3n) is 4.38. The molecule has 0 unspecified atom stereocenters. The minimum Gasteiger partial charge on any atom is -0.384 e. The number of aromatic nitrogens is 2. The van der Waals surface area contributed by atoms with Crippen molar-refractivity contribution in [3.63, 3.8) is 0 Å². The van der Waals surface area contributed by atoms with E-state index in [0.29, 0.717) is 11.0 Å². The number of nitrogen functional groups attached to an aromatic ring is 1. The Bertz CT molecular complexity index is 464. The van der Waals surface area contributed by atoms with Gasteiger partial charge in [-0.15, -0.1) is 0 Å². The second kappa shape index (κ2) is 4.23. The zero-order valence-corrected chi connectivity index (χ0v) is 10.5. The standard InChI is InChI=1S/C13H19N5/c14-11(15)10-7-16-9-17-12(10)18-6-5-13(8-18)3-1-2-4-13/h7,9H,1-6,8H2,(H3,14,15). The Morgan fingerprint density at radius 3 is 2.83 bits per heavy atom. The van der Waals surface area contributed by atoms with Crippen molar-refractivity contribution in [2.45, 2.75) is 32.1 Å². The van der Waals surface area contributed by atoms with Gasteiger partial charge in [-0.3, -0.25) is 5.41 Å². The van der Waals surface area contributed by atoms with E-state index in [9.17, 15) is 0 Å². The molecule has 3 rings (SSSR count). The van der Waals surface area contributed by atoms with Gasteiger partial charge in [0.25, 0.3) is 0 Å². The summed E-state index contributed by atoms with van der Waals surface area (Å²) in [5.74, 6) is 0.888. The van der Waals surface area contributed by atoms with E-state index in [1.165, 1.54) is 32.1 Å². The van der Waals surface area contributed by atoms with Crippen molar-refractivity contribution in [2.75, 3.05) is 18.0 Å². The molecule has 0 atom stereocenters. The molecule has 1 saturated heterocycles. The molecule has 2 fully saturated rings. The maximum atomic E-state index is 7.61. The Hall–Kier alpha value is -1.65. The third-order valence-corrected chi connectivity index (χ3v) is 4.38. The SMILES string of the molecule is N=C(N)c1cncnc1N1CCC2(CCCC2)C1. The van der Waals surface area contributed by atoms with Crippen molar-refractivity contribution >= 4 is 11.7 Å². The van der Waals surface area contributed by atoms with Crippen LogP contribution in [0.1, 0.15) is 37.7 Å². The largest absolute Gasteiger partial charge is 0.384 e. The monoisotopic (exact) mass is 245 g/mol. The first-order chi connectivity index (χ1) is 8.70. The lowest BCUT2D eigenvalue weighted by atomic mass is 9.86. The van der Waals surface area contributed by atoms with E-state index in [-0.39, 0.29) is 5.84 Å². The summed E-state index contributed by atoms with van der Waals surface area (Å²) in [7, 11) is 0. The summed E-state index contributed by atoms with van der Waals surface area (Å²) in [5.41, 5.74) is 6.76. The summed E-state index contributed by atoms with van der Waals surface area (Å²) in [6.45, 7) is 2.08. The van der Waals surface area contributed by atoms with Gasteiger partial charge in [0, 0.05) is 19.3 Å². The minimum atomic E-state index is 0.0537. The van der Waals surface area contributed by atoms with Crippen LogP contribution in [0, 0.1) is 10.8 Å². The van der Waals surface area contributed by atoms with Crippen LogP contribution in [-0.4, -0.2) is 28.9 Å². The lowest BCUT2D eigenvalue weighted by molar-refractivity contribution is 0.340. The fourth-order valence-electron chi connectivity index (χ4n) is 3.41. The van der Waals surface area contributed by atoms with E-state index in [4.69, 9.17) is 11.1 Å². The molecule has 18 heavy (non-hydrogen) atoms. The highest BCUT2D eigenvalue weighted by Gasteiger charge is 2.41. The molecular weight excluding hydrogens is 226 g/mol. The van der Waals surface area contributed by atoms with Crippen LogP contribution < -0.4 is 10.6 Å². The summed E-state index contributed by atoms with van der Waals surface area (Å²) in [5, 5.41) is 7.61. The van der Waals surface area contributed by atoms with E-state index in [1.807, 2.05) is 0 Å². The fraction of sp³-hybridized carbons (Fsp3) is 0.615. The number of nitrogens with two attached hydrogens (primary N) is 1. The quantitative estimate of drug-likeness (QED) is 0.612. The normalized spacial score (nSPS) is 21.7. The minimum absolute atomic E-state index is 0.0537. The number of rotatable bonds is 2. The number of hydrogen-bond acceptors (Lipinski definition) is 4. The van der Waals surface area contributed by atoms with Gasteiger partial charge in [0.1, 0.15) is 18.0 Å². The Kier molecular flexibility index (Phi) is 2.69. The molecule has 1 aromatic rings. The van der Waals surface area contributed by atoms with Crippen molar-refractivity contribution in [3.05, 3.63) is 18.1 Å². The number of hydrogen-bond donors (Lipinski definition) is 2. The van der Waals surface area contributed by atoms with Gasteiger partial charge in [0.05, 0.1) is 5.56 Å². The molecule has 5 nitrogen and oxygen atoms in total. The van der Waals surface area contributed by atoms with Crippen molar-refractivity contribution < 1.29 is 0 Å². The van der Waals surface area contributed by atoms with Crippen LogP contribution in [-0.2, 0) is 0 Å². The topological polar surface area (TPSA) is 78.9 Å². The van der Waals surface area contributed by atoms with Gasteiger partial charge in [-0.05, 0) is 24.7 Å². The number of nitrogens with one attached hydrogen (secondary N) is 1. The van der Waals surface area contributed by atoms with E-state index < -0.39 is 0 Å². The molecule has 0 bridgehead atoms. The van der Waals surface area contributed by atoms with Crippen LogP contribution in [0.4, 0.5) is 5.82 Å². The van der Waals surface area contributed by atoms with E-state index in [2.05, 4.69) is 14.9 Å². The Morgan fingerprint density at radius 2 is 2.11 bits per heavy atom. The average molecular weight is 245 g/mol. The molecule has 1 aromatic heterocycles. The molecule has 0 amide bonds. The lowest BCUT2D eigenvalue weighted by Gasteiger charge is -2.24. The van der Waals surface area contributed by atoms with Crippen LogP contribution in [0.2, 0.25) is 0 Å². The lowest BCUT2D eigenvalue weighted by Crippen LogP contribution is -2.28. The van der Waals surface area contributed by atoms with Crippen LogP contribution in [0.5, 0.6) is 0 Å². The number of amidine groups is 1. The molecule has 0 aromatic carbocycles. The van der Waals surface area contributed by atoms with Gasteiger partial charge >= 0.3 is 0 Å². The molecular formula is C13H19N5. The molecule has 2 aliphatic rings. The maximum Gasteiger partial charge on any atom is 0.142 e. The first-order valence-corrected chi connectivity index (χ1v) is 6.60. The Balaban J connectivity index is 1.86. The van der Waals surface area contributed by atoms with E-state index >= 15 is 0 Å². The van der Waals surface area contributed by atoms with Crippen molar-refractivity contribution in [3.8, 4) is 0 Å². The van der Waals surface area contributed by atoms with Crippen LogP contribution in [0.3, 0.4) is 0 Å². The predicted octanol–water partition coefficient (Wildman–Crippen LogP) is 1.53. The molecule has 5 heteroatoms. The van der Waals surface area contributed by atoms with Gasteiger partial charge in [0.15, 0.2) is 0 Å². The molecule has 2 heterocycles. The summed E-state index contributed by atoms with van der Waals surface area (Å²) < 4.78 is 0. The van der Waals surface area contributed by atoms with Crippen LogP contribution >= 0.6 is 0 Å². The maximum absolute atomic E-state index is 7.61. The van der Waals surface area contributed by atoms with Crippen molar-refractivity contribution in [1.29, 1.82) is 5.41 Å². The molecule has 0 radical (unpaired) electrons. The zero-order valence-electron chi connectivity index (χ0n) is 10.5. The first-order valence-electron chi connectivity index (χ1n) is 6.60. The molecule has 1 aliphatic heterocycles. The summed E-state index contributed by atoms with van der Waals surface area (Å²) in [6, 6.07) is 0. The summed E-state index contributed by atoms with van der Waals surface area (Å²) in [6.07, 6.45) is 9.82. The average Bonchev–Trinajstić information content (AvgIpc) is 3.00. The highest BCUT2D eigenvalue weighted by Crippen LogP contribution is 2.46. The van der Waals surface area contributed by atoms with Gasteiger partial charge in [-0.2, -0.15) is 0 Å². The molecule has 3 N–H and O–H groups in total. The molecule has 1 saturated carbocycles. The molecule has 1 aliphatic carbocycles. The highest BCUT2D eigenvalue weighted by molar-refractivity contribution is 5.99. The second-order valence-corrected chi connectivity index (χ2v) is 5.55. The molecule has 1 spiro atoms. The Labute approximate surface area is 107 Å². The molecule has 96 valence electrons. The highest BCUT2D eigenvalue weighted by atomic mass is 15.2. The van der Waals surface area contributed by atoms with Crippen LogP contribution in [0.15, 0.2) is 12.5 Å². The summed E-state index contributed by atoms with van der Waals surface area (Å²) in [4.78, 5) is 10.6. The first kappa shape index (κ1) is 11.4. The second-order valence-electron chi connectivity index (χ2n) is 5.55. The zero-order chi connectivity index (χ0) is 12.6. The van der Waals surface area contributed by atoms with Crippen molar-refractivity contribution in [1.82, 2.24) is 9.97 Å². The Morgan fingerprint density at radius 1 is 1.33 bits per heavy atom. The third kappa shape index (κ3) is 1.83. The van der Waals surface area contributed by atoms with Gasteiger partial charge in [0.2, 0.25) is 0 Å². The fourth-order valence-corrected chi connectivity index (χ4v) is 3.41. The van der Waals surface area contributed by atoms with Gasteiger partial charge < -0.3 is 10.6 Å². The number of anilines is 1.